The average molecular weight is 385 g/mol. The number of unbranched alkanes of at least 4 members (excludes halogenated alkanes) is 2. The molecule has 1 fully saturated rings. The van der Waals surface area contributed by atoms with Crippen molar-refractivity contribution < 1.29 is 14.9 Å². The first kappa shape index (κ1) is 20.3. The molecule has 0 bridgehead atoms. The third-order valence-electron chi connectivity index (χ3n) is 4.57. The summed E-state index contributed by atoms with van der Waals surface area (Å²) in [5.41, 5.74) is 1.43. The molecule has 8 heteroatoms. The fraction of sp³-hybridized carbons (Fsp3) is 0.550. The predicted molar refractivity (Wildman–Crippen MR) is 107 cm³/mol. The third-order valence-corrected chi connectivity index (χ3v) is 4.57. The number of fused-ring (bicyclic) bond motifs is 1. The summed E-state index contributed by atoms with van der Waals surface area (Å²) < 4.78 is 7.67. The lowest BCUT2D eigenvalue weighted by atomic mass is 10.2. The summed E-state index contributed by atoms with van der Waals surface area (Å²) in [6.45, 7) is 1.91. The molecule has 28 heavy (non-hydrogen) atoms. The summed E-state index contributed by atoms with van der Waals surface area (Å²) in [4.78, 5) is 15.0. The van der Waals surface area contributed by atoms with Crippen molar-refractivity contribution in [2.24, 2.45) is 4.99 Å². The van der Waals surface area contributed by atoms with Crippen LogP contribution in [0.15, 0.2) is 17.5 Å². The molecule has 0 aromatic carbocycles. The van der Waals surface area contributed by atoms with E-state index in [1.54, 1.807) is 6.34 Å². The smallest absolute Gasteiger partial charge is 0.167 e. The van der Waals surface area contributed by atoms with Crippen molar-refractivity contribution >= 4 is 23.2 Å². The van der Waals surface area contributed by atoms with E-state index in [2.05, 4.69) is 33.7 Å². The molecule has 0 saturated carbocycles. The summed E-state index contributed by atoms with van der Waals surface area (Å²) >= 11 is 0. The molecule has 3 heterocycles. The lowest BCUT2D eigenvalue weighted by Crippen LogP contribution is -2.24. The monoisotopic (exact) mass is 385 g/mol. The fourth-order valence-corrected chi connectivity index (χ4v) is 3.12. The van der Waals surface area contributed by atoms with E-state index in [-0.39, 0.29) is 6.61 Å². The van der Waals surface area contributed by atoms with Crippen molar-refractivity contribution in [2.75, 3.05) is 20.7 Å². The fourth-order valence-electron chi connectivity index (χ4n) is 3.12. The minimum Gasteiger partial charge on any atom is -0.394 e. The number of nitrogens with zero attached hydrogens (tertiary/aromatic N) is 5. The molecule has 150 valence electrons. The van der Waals surface area contributed by atoms with Gasteiger partial charge in [-0.1, -0.05) is 25.2 Å². The zero-order chi connectivity index (χ0) is 20.1. The Morgan fingerprint density at radius 1 is 1.43 bits per heavy atom. The molecule has 1 aliphatic heterocycles. The minimum absolute atomic E-state index is 0.228. The van der Waals surface area contributed by atoms with E-state index in [0.717, 1.165) is 30.2 Å². The first-order valence-corrected chi connectivity index (χ1v) is 9.54. The number of hydrogen-bond donors (Lipinski definition) is 2. The zero-order valence-electron chi connectivity index (χ0n) is 16.5. The van der Waals surface area contributed by atoms with Crippen LogP contribution in [0.25, 0.3) is 11.0 Å². The van der Waals surface area contributed by atoms with E-state index in [1.165, 1.54) is 6.33 Å². The van der Waals surface area contributed by atoms with Crippen LogP contribution in [0.1, 0.15) is 44.4 Å². The van der Waals surface area contributed by atoms with Crippen LogP contribution in [0.4, 0.5) is 5.82 Å². The van der Waals surface area contributed by atoms with Gasteiger partial charge < -0.3 is 24.4 Å². The van der Waals surface area contributed by atoms with Gasteiger partial charge in [0.1, 0.15) is 24.3 Å². The lowest BCUT2D eigenvalue weighted by Gasteiger charge is -2.14. The highest BCUT2D eigenvalue weighted by Crippen LogP contribution is 2.35. The van der Waals surface area contributed by atoms with Crippen LogP contribution < -0.4 is 0 Å². The largest absolute Gasteiger partial charge is 0.394 e. The van der Waals surface area contributed by atoms with Crippen LogP contribution in [-0.2, 0) is 4.74 Å². The van der Waals surface area contributed by atoms with E-state index >= 15 is 0 Å². The second-order valence-corrected chi connectivity index (χ2v) is 7.07. The number of hydrogen-bond acceptors (Lipinski definition) is 6. The van der Waals surface area contributed by atoms with Gasteiger partial charge in [-0.3, -0.25) is 0 Å². The number of aliphatic hydroxyl groups is 2. The topological polar surface area (TPSA) is 96.0 Å². The van der Waals surface area contributed by atoms with Gasteiger partial charge in [-0.2, -0.15) is 0 Å². The summed E-state index contributed by atoms with van der Waals surface area (Å²) in [6, 6.07) is 0. The molecule has 0 radical (unpaired) electrons. The van der Waals surface area contributed by atoms with Gasteiger partial charge in [0.15, 0.2) is 5.82 Å². The maximum atomic E-state index is 10.1. The van der Waals surface area contributed by atoms with Crippen molar-refractivity contribution in [3.63, 3.8) is 0 Å². The highest BCUT2D eigenvalue weighted by atomic mass is 16.5. The molecule has 1 aliphatic rings. The SMILES string of the molecule is CCCCC#Cc1cn([C@H]2C[C@H](O)[C@@H](CO)O2)c2ncnc(/N=C/N(C)C)c12. The molecule has 0 spiro atoms. The second-order valence-electron chi connectivity index (χ2n) is 7.07. The Hall–Kier alpha value is -2.47. The summed E-state index contributed by atoms with van der Waals surface area (Å²) in [5.74, 6) is 6.97. The molecule has 0 aliphatic carbocycles. The first-order chi connectivity index (χ1) is 13.5. The van der Waals surface area contributed by atoms with Gasteiger partial charge in [0, 0.05) is 33.1 Å². The molecule has 2 aromatic heterocycles. The number of aliphatic imine (C=N–C) groups is 1. The maximum absolute atomic E-state index is 10.1. The van der Waals surface area contributed by atoms with E-state index < -0.39 is 18.4 Å². The molecule has 0 unspecified atom stereocenters. The number of aromatic nitrogens is 3. The van der Waals surface area contributed by atoms with Crippen LogP contribution in [0.3, 0.4) is 0 Å². The molecule has 0 amide bonds. The van der Waals surface area contributed by atoms with E-state index in [4.69, 9.17) is 4.74 Å². The molecule has 3 atom stereocenters. The summed E-state index contributed by atoms with van der Waals surface area (Å²) in [7, 11) is 3.78. The van der Waals surface area contributed by atoms with E-state index in [1.807, 2.05) is 29.8 Å². The Morgan fingerprint density at radius 3 is 2.93 bits per heavy atom. The van der Waals surface area contributed by atoms with Crippen molar-refractivity contribution in [1.82, 2.24) is 19.4 Å². The van der Waals surface area contributed by atoms with Crippen molar-refractivity contribution in [3.8, 4) is 11.8 Å². The van der Waals surface area contributed by atoms with Crippen molar-refractivity contribution in [1.29, 1.82) is 0 Å². The van der Waals surface area contributed by atoms with Crippen LogP contribution in [0.5, 0.6) is 0 Å². The Labute approximate surface area is 164 Å². The molecule has 2 aromatic rings. The molecule has 2 N–H and O–H groups in total. The Bertz CT molecular complexity index is 896. The molecule has 8 nitrogen and oxygen atoms in total. The Morgan fingerprint density at radius 2 is 2.25 bits per heavy atom. The van der Waals surface area contributed by atoms with Crippen LogP contribution in [0.2, 0.25) is 0 Å². The van der Waals surface area contributed by atoms with Gasteiger partial charge in [0.25, 0.3) is 0 Å². The van der Waals surface area contributed by atoms with Gasteiger partial charge in [0.05, 0.1) is 30.0 Å². The van der Waals surface area contributed by atoms with Gasteiger partial charge in [0.2, 0.25) is 0 Å². The van der Waals surface area contributed by atoms with Gasteiger partial charge in [-0.15, -0.1) is 0 Å². The average Bonchev–Trinajstić information content (AvgIpc) is 3.24. The maximum Gasteiger partial charge on any atom is 0.167 e. The quantitative estimate of drug-likeness (QED) is 0.341. The van der Waals surface area contributed by atoms with Gasteiger partial charge in [-0.25, -0.2) is 15.0 Å². The second kappa shape index (κ2) is 9.15. The summed E-state index contributed by atoms with van der Waals surface area (Å²) in [6.07, 6.45) is 6.60. The molecular weight excluding hydrogens is 358 g/mol. The highest BCUT2D eigenvalue weighted by Gasteiger charge is 2.35. The van der Waals surface area contributed by atoms with Crippen molar-refractivity contribution in [3.05, 3.63) is 18.1 Å². The van der Waals surface area contributed by atoms with E-state index in [9.17, 15) is 10.2 Å². The number of aliphatic hydroxyl groups excluding tert-OH is 2. The standard InChI is InChI=1S/C20H27N5O3/c1-4-5-6-7-8-14-10-25(17-9-15(27)16(11-26)28-17)20-18(14)19(21-12-22-20)23-13-24(2)3/h10,12-13,15-17,26-27H,4-6,9,11H2,1-3H3/b23-13+/t15-,16+,17+/m0/s1. The normalized spacial score (nSPS) is 22.0. The lowest BCUT2D eigenvalue weighted by molar-refractivity contribution is -0.0430. The number of ether oxygens (including phenoxy) is 1. The summed E-state index contributed by atoms with van der Waals surface area (Å²) in [5, 5.41) is 20.3. The molecule has 3 rings (SSSR count). The van der Waals surface area contributed by atoms with Crippen LogP contribution in [0, 0.1) is 11.8 Å². The minimum atomic E-state index is -0.723. The van der Waals surface area contributed by atoms with E-state index in [0.29, 0.717) is 17.9 Å². The Balaban J connectivity index is 2.07. The van der Waals surface area contributed by atoms with Crippen molar-refractivity contribution in [2.45, 2.75) is 51.0 Å². The first-order valence-electron chi connectivity index (χ1n) is 9.54. The highest BCUT2D eigenvalue weighted by molar-refractivity contribution is 5.93. The molecule has 1 saturated heterocycles. The van der Waals surface area contributed by atoms with Crippen LogP contribution >= 0.6 is 0 Å². The van der Waals surface area contributed by atoms with Gasteiger partial charge >= 0.3 is 0 Å². The predicted octanol–water partition coefficient (Wildman–Crippen LogP) is 1.84. The third kappa shape index (κ3) is 4.33. The van der Waals surface area contributed by atoms with Gasteiger partial charge in [-0.05, 0) is 6.42 Å². The zero-order valence-corrected chi connectivity index (χ0v) is 16.5. The number of rotatable bonds is 6. The Kier molecular flexibility index (Phi) is 6.62. The van der Waals surface area contributed by atoms with Crippen LogP contribution in [-0.4, -0.2) is 68.9 Å². The molecular formula is C20H27N5O3.